The number of methoxy groups -OCH3 is 1. The predicted molar refractivity (Wildman–Crippen MR) is 76.9 cm³/mol. The third-order valence-electron chi connectivity index (χ3n) is 3.39. The lowest BCUT2D eigenvalue weighted by Gasteiger charge is -2.25. The van der Waals surface area contributed by atoms with Gasteiger partial charge in [0, 0.05) is 0 Å². The van der Waals surface area contributed by atoms with Gasteiger partial charge in [0.1, 0.15) is 19.7 Å². The van der Waals surface area contributed by atoms with Gasteiger partial charge in [0.2, 0.25) is 5.76 Å². The fourth-order valence-corrected chi connectivity index (χ4v) is 2.29. The highest BCUT2D eigenvalue weighted by Crippen LogP contribution is 2.30. The molecule has 1 aromatic heterocycles. The maximum absolute atomic E-state index is 11.3. The third kappa shape index (κ3) is 3.23. The number of ether oxygens (including phenoxy) is 3. The monoisotopic (exact) mass is 304 g/mol. The molecule has 2 N–H and O–H groups in total. The number of furan rings is 1. The lowest BCUT2D eigenvalue weighted by molar-refractivity contribution is -0.677. The smallest absolute Gasteiger partial charge is 0.373 e. The van der Waals surface area contributed by atoms with Crippen LogP contribution >= 0.6 is 0 Å². The standard InChI is InChI=1S/C16H17NO5/c1-19-16(18)15-7-6-11(21-15)8-17-9-12-10-20-13-4-2-3-5-14(13)22-12/h2-7,12,17H,8-10H2,1H3/p+1/t12-/m0/s1. The van der Waals surface area contributed by atoms with E-state index in [2.05, 4.69) is 10.1 Å². The van der Waals surface area contributed by atoms with Gasteiger partial charge in [-0.2, -0.15) is 0 Å². The van der Waals surface area contributed by atoms with Crippen LogP contribution in [0.2, 0.25) is 0 Å². The highest BCUT2D eigenvalue weighted by atomic mass is 16.6. The number of carbonyl (C=O) groups is 1. The Morgan fingerprint density at radius 1 is 1.27 bits per heavy atom. The summed E-state index contributed by atoms with van der Waals surface area (Å²) in [4.78, 5) is 11.3. The van der Waals surface area contributed by atoms with Crippen molar-refractivity contribution in [2.24, 2.45) is 0 Å². The molecule has 0 aliphatic carbocycles. The van der Waals surface area contributed by atoms with Crippen LogP contribution in [0.15, 0.2) is 40.8 Å². The van der Waals surface area contributed by atoms with Crippen LogP contribution in [0.1, 0.15) is 16.3 Å². The Labute approximate surface area is 128 Å². The van der Waals surface area contributed by atoms with Crippen molar-refractivity contribution in [1.82, 2.24) is 0 Å². The minimum absolute atomic E-state index is 0.00932. The molecule has 6 nitrogen and oxygen atoms in total. The zero-order valence-corrected chi connectivity index (χ0v) is 12.3. The first-order valence-electron chi connectivity index (χ1n) is 7.13. The van der Waals surface area contributed by atoms with Crippen molar-refractivity contribution in [2.75, 3.05) is 20.3 Å². The number of nitrogens with two attached hydrogens (primary N) is 1. The molecule has 6 heteroatoms. The summed E-state index contributed by atoms with van der Waals surface area (Å²) in [5.74, 6) is 2.03. The highest BCUT2D eigenvalue weighted by molar-refractivity contribution is 5.86. The van der Waals surface area contributed by atoms with Crippen LogP contribution in [0.4, 0.5) is 0 Å². The van der Waals surface area contributed by atoms with Gasteiger partial charge in [0.15, 0.2) is 23.4 Å². The molecule has 2 heterocycles. The van der Waals surface area contributed by atoms with Crippen LogP contribution < -0.4 is 14.8 Å². The van der Waals surface area contributed by atoms with Crippen LogP contribution in [0, 0.1) is 0 Å². The van der Waals surface area contributed by atoms with Gasteiger partial charge in [0.05, 0.1) is 7.11 Å². The molecular weight excluding hydrogens is 286 g/mol. The molecule has 2 aromatic rings. The molecule has 0 unspecified atom stereocenters. The van der Waals surface area contributed by atoms with E-state index in [1.807, 2.05) is 24.3 Å². The zero-order chi connectivity index (χ0) is 15.4. The molecule has 116 valence electrons. The van der Waals surface area contributed by atoms with Gasteiger partial charge in [-0.1, -0.05) is 12.1 Å². The van der Waals surface area contributed by atoms with Crippen molar-refractivity contribution in [3.05, 3.63) is 47.9 Å². The Hall–Kier alpha value is -2.47. The van der Waals surface area contributed by atoms with Gasteiger partial charge in [-0.25, -0.2) is 4.79 Å². The largest absolute Gasteiger partial charge is 0.486 e. The number of fused-ring (bicyclic) bond motifs is 1. The van der Waals surface area contributed by atoms with E-state index < -0.39 is 5.97 Å². The molecule has 0 amide bonds. The summed E-state index contributed by atoms with van der Waals surface area (Å²) >= 11 is 0. The number of rotatable bonds is 5. The molecule has 1 atom stereocenters. The maximum atomic E-state index is 11.3. The summed E-state index contributed by atoms with van der Waals surface area (Å²) in [7, 11) is 1.33. The molecule has 0 bridgehead atoms. The van der Waals surface area contributed by atoms with Crippen LogP contribution in [-0.4, -0.2) is 32.3 Å². The SMILES string of the molecule is COC(=O)c1ccc(C[NH2+]C[C@H]2COc3ccccc3O2)o1. The molecule has 1 aromatic carbocycles. The van der Waals surface area contributed by atoms with E-state index in [0.29, 0.717) is 13.2 Å². The van der Waals surface area contributed by atoms with Gasteiger partial charge >= 0.3 is 5.97 Å². The van der Waals surface area contributed by atoms with E-state index in [9.17, 15) is 4.79 Å². The molecule has 1 aliphatic heterocycles. The van der Waals surface area contributed by atoms with Gasteiger partial charge < -0.3 is 23.9 Å². The second-order valence-corrected chi connectivity index (χ2v) is 4.98. The lowest BCUT2D eigenvalue weighted by atomic mass is 10.2. The Bertz CT molecular complexity index is 651. The topological polar surface area (TPSA) is 74.5 Å². The van der Waals surface area contributed by atoms with Crippen molar-refractivity contribution in [1.29, 1.82) is 0 Å². The van der Waals surface area contributed by atoms with Gasteiger partial charge in [-0.15, -0.1) is 0 Å². The second-order valence-electron chi connectivity index (χ2n) is 4.98. The number of quaternary nitrogens is 1. The maximum Gasteiger partial charge on any atom is 0.373 e. The summed E-state index contributed by atoms with van der Waals surface area (Å²) in [5.41, 5.74) is 0. The quantitative estimate of drug-likeness (QED) is 0.833. The first-order chi connectivity index (χ1) is 10.8. The van der Waals surface area contributed by atoms with E-state index >= 15 is 0 Å². The molecule has 22 heavy (non-hydrogen) atoms. The van der Waals surface area contributed by atoms with Crippen molar-refractivity contribution in [3.8, 4) is 11.5 Å². The van der Waals surface area contributed by atoms with Crippen LogP contribution in [0.3, 0.4) is 0 Å². The normalized spacial score (nSPS) is 16.3. The Kier molecular flexibility index (Phi) is 4.29. The predicted octanol–water partition coefficient (Wildman–Crippen LogP) is 0.970. The lowest BCUT2D eigenvalue weighted by Crippen LogP contribution is -2.85. The van der Waals surface area contributed by atoms with E-state index in [1.165, 1.54) is 7.11 Å². The molecule has 0 radical (unpaired) electrons. The number of carbonyl (C=O) groups excluding carboxylic acids is 1. The summed E-state index contributed by atoms with van der Waals surface area (Å²) in [6, 6.07) is 11.0. The Morgan fingerprint density at radius 2 is 2.09 bits per heavy atom. The molecule has 0 saturated heterocycles. The van der Waals surface area contributed by atoms with Crippen LogP contribution in [0.25, 0.3) is 0 Å². The minimum atomic E-state index is -0.466. The van der Waals surface area contributed by atoms with Gasteiger partial charge in [-0.05, 0) is 24.3 Å². The molecular formula is C16H18NO5+. The summed E-state index contributed by atoms with van der Waals surface area (Å²) in [6.07, 6.45) is -0.00932. The minimum Gasteiger partial charge on any atom is -0.486 e. The molecule has 3 rings (SSSR count). The highest BCUT2D eigenvalue weighted by Gasteiger charge is 2.22. The third-order valence-corrected chi connectivity index (χ3v) is 3.39. The molecule has 0 saturated carbocycles. The average molecular weight is 304 g/mol. The van der Waals surface area contributed by atoms with Gasteiger partial charge in [-0.3, -0.25) is 0 Å². The van der Waals surface area contributed by atoms with Crippen molar-refractivity contribution in [3.63, 3.8) is 0 Å². The number of esters is 1. The van der Waals surface area contributed by atoms with Gasteiger partial charge in [0.25, 0.3) is 0 Å². The fourth-order valence-electron chi connectivity index (χ4n) is 2.29. The van der Waals surface area contributed by atoms with E-state index in [-0.39, 0.29) is 11.9 Å². The van der Waals surface area contributed by atoms with E-state index in [0.717, 1.165) is 23.8 Å². The van der Waals surface area contributed by atoms with Crippen molar-refractivity contribution >= 4 is 5.97 Å². The fraction of sp³-hybridized carbons (Fsp3) is 0.312. The number of hydrogen-bond acceptors (Lipinski definition) is 5. The van der Waals surface area contributed by atoms with Crippen molar-refractivity contribution < 1.29 is 28.7 Å². The molecule has 0 spiro atoms. The summed E-state index contributed by atoms with van der Waals surface area (Å²) in [5, 5.41) is 2.06. The van der Waals surface area contributed by atoms with Crippen LogP contribution in [0.5, 0.6) is 11.5 Å². The summed E-state index contributed by atoms with van der Waals surface area (Å²) in [6.45, 7) is 1.89. The Balaban J connectivity index is 1.48. The van der Waals surface area contributed by atoms with E-state index in [1.54, 1.807) is 12.1 Å². The average Bonchev–Trinajstić information content (AvgIpc) is 3.03. The zero-order valence-electron chi connectivity index (χ0n) is 12.3. The second kappa shape index (κ2) is 6.53. The Morgan fingerprint density at radius 3 is 2.91 bits per heavy atom. The molecule has 0 fully saturated rings. The number of para-hydroxylation sites is 2. The first-order valence-corrected chi connectivity index (χ1v) is 7.13. The first kappa shape index (κ1) is 14.5. The number of hydrogen-bond donors (Lipinski definition) is 1. The van der Waals surface area contributed by atoms with Crippen molar-refractivity contribution in [2.45, 2.75) is 12.6 Å². The molecule has 1 aliphatic rings. The van der Waals surface area contributed by atoms with Crippen LogP contribution in [-0.2, 0) is 11.3 Å². The summed E-state index contributed by atoms with van der Waals surface area (Å²) < 4.78 is 21.5. The number of benzene rings is 1. The van der Waals surface area contributed by atoms with E-state index in [4.69, 9.17) is 13.9 Å².